The lowest BCUT2D eigenvalue weighted by Gasteiger charge is -2.18. The van der Waals surface area contributed by atoms with Crippen LogP contribution in [0.2, 0.25) is 0 Å². The topological polar surface area (TPSA) is 20.2 Å². The monoisotopic (exact) mass is 134 g/mol. The van der Waals surface area contributed by atoms with Crippen LogP contribution < -0.4 is 0 Å². The van der Waals surface area contributed by atoms with Crippen molar-refractivity contribution in [2.24, 2.45) is 0 Å². The van der Waals surface area contributed by atoms with Gasteiger partial charge in [-0.2, -0.15) is 12.6 Å². The first-order chi connectivity index (χ1) is 3.42. The smallest absolute Gasteiger partial charge is 0.0525 e. The Kier molecular flexibility index (Phi) is 2.84. The number of hydrogen-bond donors (Lipinski definition) is 2. The maximum atomic E-state index is 8.84. The molecule has 0 saturated carbocycles. The van der Waals surface area contributed by atoms with Crippen LogP contribution in [-0.2, 0) is 0 Å². The molecule has 0 aliphatic heterocycles. The van der Waals surface area contributed by atoms with Gasteiger partial charge in [-0.25, -0.2) is 0 Å². The Bertz CT molecular complexity index is 63.4. The molecule has 0 spiro atoms. The van der Waals surface area contributed by atoms with Gasteiger partial charge in [0.05, 0.1) is 6.10 Å². The molecule has 1 nitrogen and oxygen atoms in total. The molecule has 8 heavy (non-hydrogen) atoms. The molecule has 0 heterocycles. The minimum atomic E-state index is -0.234. The van der Waals surface area contributed by atoms with Crippen LogP contribution >= 0.6 is 12.6 Å². The van der Waals surface area contributed by atoms with E-state index in [1.165, 1.54) is 0 Å². The highest BCUT2D eigenvalue weighted by molar-refractivity contribution is 7.81. The van der Waals surface area contributed by atoms with Gasteiger partial charge in [0.15, 0.2) is 0 Å². The summed E-state index contributed by atoms with van der Waals surface area (Å²) >= 11 is 4.23. The van der Waals surface area contributed by atoms with Crippen molar-refractivity contribution >= 4 is 12.6 Å². The van der Waals surface area contributed by atoms with E-state index < -0.39 is 0 Å². The van der Waals surface area contributed by atoms with Gasteiger partial charge in [0.25, 0.3) is 0 Å². The molecule has 0 saturated heterocycles. The van der Waals surface area contributed by atoms with Crippen LogP contribution in [0.15, 0.2) is 0 Å². The molecule has 0 amide bonds. The molecular weight excluding hydrogens is 120 g/mol. The highest BCUT2D eigenvalue weighted by Gasteiger charge is 2.13. The molecule has 1 N–H and O–H groups in total. The second-order valence-electron chi connectivity index (χ2n) is 2.87. The zero-order chi connectivity index (χ0) is 6.78. The molecule has 2 heteroatoms. The summed E-state index contributed by atoms with van der Waals surface area (Å²) in [4.78, 5) is 0. The minimum absolute atomic E-state index is 0.0336. The summed E-state index contributed by atoms with van der Waals surface area (Å²) in [5, 5.41) is 8.84. The van der Waals surface area contributed by atoms with E-state index in [9.17, 15) is 0 Å². The third-order valence-electron chi connectivity index (χ3n) is 0.795. The lowest BCUT2D eigenvalue weighted by Crippen LogP contribution is -2.17. The standard InChI is InChI=1S/C6H14OS/c1-5(7)4-6(2,3)8/h5,7-8H,4H2,1-3H3/t5-/m1/s1. The Labute approximate surface area is 56.5 Å². The number of thiol groups is 1. The van der Waals surface area contributed by atoms with Crippen LogP contribution in [0.1, 0.15) is 27.2 Å². The predicted octanol–water partition coefficient (Wildman–Crippen LogP) is 1.47. The van der Waals surface area contributed by atoms with Gasteiger partial charge in [0.2, 0.25) is 0 Å². The number of hydrogen-bond acceptors (Lipinski definition) is 2. The second-order valence-corrected chi connectivity index (χ2v) is 4.08. The van der Waals surface area contributed by atoms with E-state index in [1.54, 1.807) is 6.92 Å². The summed E-state index contributed by atoms with van der Waals surface area (Å²) in [7, 11) is 0. The molecule has 0 aliphatic carbocycles. The number of rotatable bonds is 2. The van der Waals surface area contributed by atoms with Gasteiger partial charge in [-0.05, 0) is 13.3 Å². The van der Waals surface area contributed by atoms with Crippen LogP contribution in [0.5, 0.6) is 0 Å². The molecule has 0 aromatic heterocycles. The van der Waals surface area contributed by atoms with Crippen molar-refractivity contribution in [3.63, 3.8) is 0 Å². The van der Waals surface area contributed by atoms with E-state index in [2.05, 4.69) is 12.6 Å². The normalized spacial score (nSPS) is 16.1. The highest BCUT2D eigenvalue weighted by Crippen LogP contribution is 2.18. The van der Waals surface area contributed by atoms with Gasteiger partial charge in [-0.3, -0.25) is 0 Å². The Morgan fingerprint density at radius 3 is 2.00 bits per heavy atom. The first kappa shape index (κ1) is 8.31. The molecule has 0 bridgehead atoms. The molecule has 0 rings (SSSR count). The molecule has 0 radical (unpaired) electrons. The summed E-state index contributed by atoms with van der Waals surface area (Å²) in [6.07, 6.45) is 0.512. The highest BCUT2D eigenvalue weighted by atomic mass is 32.1. The van der Waals surface area contributed by atoms with Gasteiger partial charge >= 0.3 is 0 Å². The van der Waals surface area contributed by atoms with Gasteiger partial charge in [-0.15, -0.1) is 0 Å². The third kappa shape index (κ3) is 6.31. The van der Waals surface area contributed by atoms with Gasteiger partial charge < -0.3 is 5.11 Å². The fourth-order valence-corrected chi connectivity index (χ4v) is 0.987. The Hall–Kier alpha value is 0.310. The first-order valence-corrected chi connectivity index (χ1v) is 3.27. The maximum absolute atomic E-state index is 8.84. The minimum Gasteiger partial charge on any atom is -0.393 e. The summed E-state index contributed by atoms with van der Waals surface area (Å²) in [5.74, 6) is 0. The largest absolute Gasteiger partial charge is 0.393 e. The average molecular weight is 134 g/mol. The summed E-state index contributed by atoms with van der Waals surface area (Å²) < 4.78 is -0.0336. The van der Waals surface area contributed by atoms with Crippen molar-refractivity contribution in [1.29, 1.82) is 0 Å². The van der Waals surface area contributed by atoms with Crippen LogP contribution in [0.3, 0.4) is 0 Å². The fraction of sp³-hybridized carbons (Fsp3) is 1.00. The van der Waals surface area contributed by atoms with E-state index in [0.717, 1.165) is 6.42 Å². The van der Waals surface area contributed by atoms with Crippen LogP contribution in [0, 0.1) is 0 Å². The molecule has 0 aromatic carbocycles. The SMILES string of the molecule is C[C@@H](O)CC(C)(C)S. The van der Waals surface area contributed by atoms with E-state index in [1.807, 2.05) is 13.8 Å². The number of aliphatic hydroxyl groups excluding tert-OH is 1. The Morgan fingerprint density at radius 2 is 2.00 bits per heavy atom. The molecule has 1 atom stereocenters. The third-order valence-corrected chi connectivity index (χ3v) is 0.978. The average Bonchev–Trinajstić information content (AvgIpc) is 1.21. The van der Waals surface area contributed by atoms with Crippen molar-refractivity contribution in [3.05, 3.63) is 0 Å². The van der Waals surface area contributed by atoms with Gasteiger partial charge in [0.1, 0.15) is 0 Å². The molecule has 0 aliphatic rings. The van der Waals surface area contributed by atoms with E-state index in [-0.39, 0.29) is 10.9 Å². The van der Waals surface area contributed by atoms with Crippen molar-refractivity contribution in [2.45, 2.75) is 38.0 Å². The zero-order valence-corrected chi connectivity index (χ0v) is 6.57. The predicted molar refractivity (Wildman–Crippen MR) is 39.4 cm³/mol. The Morgan fingerprint density at radius 1 is 1.62 bits per heavy atom. The molecule has 50 valence electrons. The molecule has 0 fully saturated rings. The second kappa shape index (κ2) is 2.74. The lowest BCUT2D eigenvalue weighted by molar-refractivity contribution is 0.174. The first-order valence-electron chi connectivity index (χ1n) is 2.82. The van der Waals surface area contributed by atoms with Crippen molar-refractivity contribution < 1.29 is 5.11 Å². The van der Waals surface area contributed by atoms with Crippen molar-refractivity contribution in [2.75, 3.05) is 0 Å². The van der Waals surface area contributed by atoms with E-state index in [4.69, 9.17) is 5.11 Å². The van der Waals surface area contributed by atoms with Crippen molar-refractivity contribution in [3.8, 4) is 0 Å². The van der Waals surface area contributed by atoms with Gasteiger partial charge in [0, 0.05) is 4.75 Å². The lowest BCUT2D eigenvalue weighted by atomic mass is 10.1. The quantitative estimate of drug-likeness (QED) is 0.548. The maximum Gasteiger partial charge on any atom is 0.0525 e. The summed E-state index contributed by atoms with van der Waals surface area (Å²) in [6, 6.07) is 0. The van der Waals surface area contributed by atoms with E-state index in [0.29, 0.717) is 0 Å². The zero-order valence-electron chi connectivity index (χ0n) is 5.68. The van der Waals surface area contributed by atoms with Crippen LogP contribution in [0.4, 0.5) is 0 Å². The fourth-order valence-electron chi connectivity index (χ4n) is 0.723. The summed E-state index contributed by atoms with van der Waals surface area (Å²) in [5.41, 5.74) is 0. The summed E-state index contributed by atoms with van der Waals surface area (Å²) in [6.45, 7) is 5.75. The van der Waals surface area contributed by atoms with Gasteiger partial charge in [-0.1, -0.05) is 13.8 Å². The number of aliphatic hydroxyl groups is 1. The molecular formula is C6H14OS. The van der Waals surface area contributed by atoms with E-state index >= 15 is 0 Å². The Balaban J connectivity index is 3.39. The molecule has 0 aromatic rings. The van der Waals surface area contributed by atoms with Crippen LogP contribution in [0.25, 0.3) is 0 Å². The molecule has 0 unspecified atom stereocenters. The van der Waals surface area contributed by atoms with Crippen molar-refractivity contribution in [1.82, 2.24) is 0 Å². The van der Waals surface area contributed by atoms with Crippen LogP contribution in [-0.4, -0.2) is 16.0 Å².